The lowest BCUT2D eigenvalue weighted by Gasteiger charge is -2.30. The van der Waals surface area contributed by atoms with Crippen LogP contribution >= 0.6 is 0 Å². The van der Waals surface area contributed by atoms with Crippen molar-refractivity contribution < 1.29 is 0 Å². The van der Waals surface area contributed by atoms with Gasteiger partial charge in [-0.3, -0.25) is 29.9 Å². The molecular weight excluding hydrogens is 1410 g/mol. The minimum absolute atomic E-state index is 0.140. The van der Waals surface area contributed by atoms with Gasteiger partial charge >= 0.3 is 0 Å². The normalized spacial score (nSPS) is 13.8. The van der Waals surface area contributed by atoms with Gasteiger partial charge in [-0.05, 0) is 254 Å². The van der Waals surface area contributed by atoms with E-state index in [9.17, 15) is 0 Å². The van der Waals surface area contributed by atoms with Gasteiger partial charge in [0.05, 0.1) is 5.69 Å². The molecule has 9 aromatic rings. The summed E-state index contributed by atoms with van der Waals surface area (Å²) in [5.41, 5.74) is 24.3. The minimum Gasteiger partial charge on any atom is -0.372 e. The molecule has 0 N–H and O–H groups in total. The van der Waals surface area contributed by atoms with Crippen LogP contribution in [0.25, 0.3) is 6.08 Å². The van der Waals surface area contributed by atoms with Crippen LogP contribution in [0.1, 0.15) is 356 Å². The molecule has 9 heteroatoms. The van der Waals surface area contributed by atoms with Gasteiger partial charge in [0.1, 0.15) is 5.82 Å². The van der Waals surface area contributed by atoms with Crippen molar-refractivity contribution in [1.29, 1.82) is 0 Å². The maximum Gasteiger partial charge on any atom is 0.128 e. The second-order valence-electron chi connectivity index (χ2n) is 42.0. The zero-order valence-electron chi connectivity index (χ0n) is 79.0. The molecule has 9 nitrogen and oxygen atoms in total. The number of hydrogen-bond acceptors (Lipinski definition) is 9. The standard InChI is InChI=1S/C16H19N.C15H23N.C14H22N2.2C13H21N.C12H15N.2C12H19N/c1-16(2,3)14-9-10-17-15(12-14)11-13-7-5-4-6-8-13;1-15(2,3)13-8-7-9-14(12-13)16-10-5-4-6-11-16;1-14(2,3)12-7-8-15-13(11-12)16-9-5-4-6-10-16;1-12(2,3)10-7-8-14-11(9-10)13(4,5)6;1-10(2)8-12-9-11(6-7-14-12)13(3,4)5;1-12(2,3)10-7-8-13-11-6-4-5-9(10)11;2*1-5-6-11-9-10(7-8-13-11)12(2,3)4/h4-10,12H,11H2,1-3H3;7-9,12H,4-6,10-11H2,1-3H3;7-8,11H,4-6,9-10H2,1-3H3;7-9H,1-6H3;6-7,9-10H,8H2,1-5H3;4-5,7-8H,6H2,1-3H3;2*7-9H,5-6H2,1-4H3. The highest BCUT2D eigenvalue weighted by atomic mass is 15.2. The van der Waals surface area contributed by atoms with E-state index in [0.29, 0.717) is 5.92 Å². The van der Waals surface area contributed by atoms with Crippen molar-refractivity contribution in [3.63, 3.8) is 0 Å². The molecular formula is C107H159N9. The van der Waals surface area contributed by atoms with E-state index in [2.05, 4.69) is 399 Å². The van der Waals surface area contributed by atoms with Gasteiger partial charge in [-0.2, -0.15) is 0 Å². The van der Waals surface area contributed by atoms with Gasteiger partial charge in [-0.1, -0.05) is 282 Å². The molecule has 116 heavy (non-hydrogen) atoms. The lowest BCUT2D eigenvalue weighted by atomic mass is 9.84. The molecule has 0 atom stereocenters. The van der Waals surface area contributed by atoms with Gasteiger partial charge in [0.15, 0.2) is 0 Å². The van der Waals surface area contributed by atoms with E-state index < -0.39 is 0 Å². The zero-order valence-corrected chi connectivity index (χ0v) is 79.0. The van der Waals surface area contributed by atoms with Crippen molar-refractivity contribution in [1.82, 2.24) is 34.9 Å². The van der Waals surface area contributed by atoms with Crippen LogP contribution in [0.4, 0.5) is 11.5 Å². The van der Waals surface area contributed by atoms with Crippen LogP contribution in [0.5, 0.6) is 0 Å². The van der Waals surface area contributed by atoms with E-state index >= 15 is 0 Å². The van der Waals surface area contributed by atoms with Gasteiger partial charge in [-0.15, -0.1) is 0 Å². The number of anilines is 2. The molecule has 3 aliphatic rings. The fraction of sp³-hybridized carbons (Fsp3) is 0.542. The van der Waals surface area contributed by atoms with Gasteiger partial charge in [-0.25, -0.2) is 4.98 Å². The second-order valence-corrected chi connectivity index (χ2v) is 42.0. The third-order valence-electron chi connectivity index (χ3n) is 21.2. The Kier molecular flexibility index (Phi) is 37.8. The van der Waals surface area contributed by atoms with Crippen LogP contribution in [-0.4, -0.2) is 61.1 Å². The Bertz CT molecular complexity index is 4190. The summed E-state index contributed by atoms with van der Waals surface area (Å²) in [5.74, 6) is 1.84. The molecule has 632 valence electrons. The molecule has 0 radical (unpaired) electrons. The number of fused-ring (bicyclic) bond motifs is 1. The predicted octanol–water partition coefficient (Wildman–Crippen LogP) is 28.2. The van der Waals surface area contributed by atoms with Gasteiger partial charge in [0.2, 0.25) is 0 Å². The van der Waals surface area contributed by atoms with Crippen molar-refractivity contribution in [3.05, 3.63) is 273 Å². The Morgan fingerprint density at radius 2 is 0.707 bits per heavy atom. The first-order chi connectivity index (χ1) is 54.0. The Morgan fingerprint density at radius 3 is 1.14 bits per heavy atom. The number of piperidine rings is 2. The molecule has 1 aliphatic carbocycles. The average molecular weight is 1570 g/mol. The van der Waals surface area contributed by atoms with Gasteiger partial charge in [0.25, 0.3) is 0 Å². The molecule has 2 aromatic carbocycles. The Morgan fingerprint density at radius 1 is 0.328 bits per heavy atom. The first-order valence-corrected chi connectivity index (χ1v) is 44.0. The summed E-state index contributed by atoms with van der Waals surface area (Å²) in [4.78, 5) is 35.8. The monoisotopic (exact) mass is 1570 g/mol. The summed E-state index contributed by atoms with van der Waals surface area (Å²) >= 11 is 0. The number of nitrogens with zero attached hydrogens (tertiary/aromatic N) is 9. The Hall–Kier alpha value is -8.17. The van der Waals surface area contributed by atoms with Gasteiger partial charge in [0, 0.05) is 122 Å². The lowest BCUT2D eigenvalue weighted by molar-refractivity contribution is 0.552. The zero-order chi connectivity index (χ0) is 86.5. The van der Waals surface area contributed by atoms with Crippen molar-refractivity contribution in [2.24, 2.45) is 5.92 Å². The molecule has 12 rings (SSSR count). The number of rotatable bonds is 10. The van der Waals surface area contributed by atoms with E-state index in [1.807, 2.05) is 49.4 Å². The van der Waals surface area contributed by atoms with Crippen molar-refractivity contribution >= 4 is 17.6 Å². The van der Waals surface area contributed by atoms with Crippen LogP contribution in [0.3, 0.4) is 0 Å². The SMILES string of the molecule is CC(C)(C)c1cccc(N2CCCCC2)c1.CC(C)(C)c1ccnc(C(C)(C)C)c1.CC(C)(C)c1ccnc(Cc2ccccc2)c1.CC(C)(C)c1ccnc(N2CCCCC2)c1.CC(C)(C)c1ccnc2c1C=CC2.CC(C)Cc1cc(C(C)(C)C)ccn1.CCCc1cc(C(C)(C)C)ccn1.CCCc1cc(C(C)(C)C)ccn1. The van der Waals surface area contributed by atoms with E-state index in [-0.39, 0.29) is 48.7 Å². The van der Waals surface area contributed by atoms with Crippen LogP contribution < -0.4 is 9.80 Å². The summed E-state index contributed by atoms with van der Waals surface area (Å²) in [6.07, 6.45) is 33.4. The maximum atomic E-state index is 4.50. The summed E-state index contributed by atoms with van der Waals surface area (Å²) in [7, 11) is 0. The van der Waals surface area contributed by atoms with Crippen LogP contribution in [0, 0.1) is 5.92 Å². The molecule has 2 aliphatic heterocycles. The summed E-state index contributed by atoms with van der Waals surface area (Å²) in [6.45, 7) is 74.0. The van der Waals surface area contributed by atoms with Crippen LogP contribution in [0.2, 0.25) is 0 Å². The first-order valence-electron chi connectivity index (χ1n) is 44.0. The van der Waals surface area contributed by atoms with Crippen LogP contribution in [0.15, 0.2) is 183 Å². The summed E-state index contributed by atoms with van der Waals surface area (Å²) in [5, 5.41) is 0. The number of pyridine rings is 7. The highest BCUT2D eigenvalue weighted by Gasteiger charge is 2.25. The highest BCUT2D eigenvalue weighted by Crippen LogP contribution is 2.34. The molecule has 0 unspecified atom stereocenters. The molecule has 2 fully saturated rings. The van der Waals surface area contributed by atoms with E-state index in [4.69, 9.17) is 0 Å². The fourth-order valence-corrected chi connectivity index (χ4v) is 13.6. The highest BCUT2D eigenvalue weighted by molar-refractivity contribution is 5.62. The summed E-state index contributed by atoms with van der Waals surface area (Å²) in [6, 6.07) is 47.7. The third kappa shape index (κ3) is 35.2. The third-order valence-corrected chi connectivity index (χ3v) is 21.2. The second kappa shape index (κ2) is 44.6. The van der Waals surface area contributed by atoms with E-state index in [0.717, 1.165) is 43.6 Å². The molecule has 2 saturated heterocycles. The molecule has 0 bridgehead atoms. The van der Waals surface area contributed by atoms with Crippen molar-refractivity contribution in [3.8, 4) is 0 Å². The first kappa shape index (κ1) is 98.4. The number of hydrogen-bond donors (Lipinski definition) is 0. The maximum absolute atomic E-state index is 4.50. The number of allylic oxidation sites excluding steroid dienone is 1. The molecule has 7 aromatic heterocycles. The number of benzene rings is 2. The summed E-state index contributed by atoms with van der Waals surface area (Å²) < 4.78 is 0. The molecule has 0 saturated carbocycles. The lowest BCUT2D eigenvalue weighted by Crippen LogP contribution is -2.30. The number of aryl methyl sites for hydroxylation is 2. The van der Waals surface area contributed by atoms with E-state index in [1.165, 1.54) is 167 Å². The molecule has 9 heterocycles. The molecule has 0 spiro atoms. The Balaban J connectivity index is 0.000000237. The van der Waals surface area contributed by atoms with Crippen LogP contribution in [-0.2, 0) is 80.8 Å². The number of aromatic nitrogens is 7. The smallest absolute Gasteiger partial charge is 0.128 e. The average Bonchev–Trinajstić information content (AvgIpc) is 1.67. The topological polar surface area (TPSA) is 96.7 Å². The Labute approximate surface area is 709 Å². The van der Waals surface area contributed by atoms with Crippen molar-refractivity contribution in [2.75, 3.05) is 36.0 Å². The van der Waals surface area contributed by atoms with Gasteiger partial charge < -0.3 is 9.80 Å². The predicted molar refractivity (Wildman–Crippen MR) is 505 cm³/mol. The quantitative estimate of drug-likeness (QED) is 0.133. The molecule has 0 amide bonds. The van der Waals surface area contributed by atoms with E-state index in [1.54, 1.807) is 0 Å². The fourth-order valence-electron chi connectivity index (χ4n) is 13.6. The van der Waals surface area contributed by atoms with Crippen molar-refractivity contribution in [2.45, 2.75) is 347 Å². The largest absolute Gasteiger partial charge is 0.372 e. The minimum atomic E-state index is 0.140.